The summed E-state index contributed by atoms with van der Waals surface area (Å²) in [5, 5.41) is 3.61. The summed E-state index contributed by atoms with van der Waals surface area (Å²) in [5.74, 6) is 1.74. The zero-order chi connectivity index (χ0) is 11.4. The van der Waals surface area contributed by atoms with Crippen molar-refractivity contribution in [3.63, 3.8) is 0 Å². The Morgan fingerprint density at radius 2 is 2.31 bits per heavy atom. The highest BCUT2D eigenvalue weighted by atomic mass is 16.3. The van der Waals surface area contributed by atoms with Gasteiger partial charge in [-0.3, -0.25) is 0 Å². The third kappa shape index (κ3) is 2.49. The zero-order valence-electron chi connectivity index (χ0n) is 10.4. The minimum atomic E-state index is 0.500. The fourth-order valence-corrected chi connectivity index (χ4v) is 3.02. The summed E-state index contributed by atoms with van der Waals surface area (Å²) in [7, 11) is 0. The third-order valence-electron chi connectivity index (χ3n) is 3.96. The third-order valence-corrected chi connectivity index (χ3v) is 3.96. The molecule has 3 unspecified atom stereocenters. The second kappa shape index (κ2) is 5.53. The van der Waals surface area contributed by atoms with Crippen molar-refractivity contribution >= 4 is 0 Å². The van der Waals surface area contributed by atoms with Gasteiger partial charge in [0.2, 0.25) is 0 Å². The smallest absolute Gasteiger partial charge is 0.0950 e. The molecule has 1 N–H and O–H groups in total. The predicted molar refractivity (Wildman–Crippen MR) is 66.2 cm³/mol. The molecule has 0 aliphatic heterocycles. The Morgan fingerprint density at radius 3 is 2.88 bits per heavy atom. The maximum Gasteiger partial charge on any atom is 0.0950 e. The molecule has 2 rings (SSSR count). The van der Waals surface area contributed by atoms with Crippen LogP contribution >= 0.6 is 0 Å². The van der Waals surface area contributed by atoms with Gasteiger partial charge < -0.3 is 9.73 Å². The molecular weight excluding hydrogens is 198 g/mol. The summed E-state index contributed by atoms with van der Waals surface area (Å²) in [4.78, 5) is 0. The van der Waals surface area contributed by atoms with Crippen LogP contribution < -0.4 is 5.32 Å². The molecule has 16 heavy (non-hydrogen) atoms. The maximum atomic E-state index is 5.21. The number of rotatable bonds is 5. The van der Waals surface area contributed by atoms with Crippen LogP contribution in [0.3, 0.4) is 0 Å². The highest BCUT2D eigenvalue weighted by Gasteiger charge is 2.30. The van der Waals surface area contributed by atoms with Gasteiger partial charge in [-0.15, -0.1) is 0 Å². The van der Waals surface area contributed by atoms with E-state index in [0.29, 0.717) is 6.04 Å². The van der Waals surface area contributed by atoms with Gasteiger partial charge in [-0.05, 0) is 37.3 Å². The largest absolute Gasteiger partial charge is 0.472 e. The van der Waals surface area contributed by atoms with Crippen LogP contribution in [0.2, 0.25) is 0 Å². The molecule has 1 aromatic heterocycles. The van der Waals surface area contributed by atoms with Crippen molar-refractivity contribution in [2.45, 2.75) is 45.6 Å². The highest BCUT2D eigenvalue weighted by molar-refractivity contribution is 5.13. The average molecular weight is 221 g/mol. The molecule has 0 radical (unpaired) electrons. The quantitative estimate of drug-likeness (QED) is 0.819. The maximum absolute atomic E-state index is 5.21. The second-order valence-corrected chi connectivity index (χ2v) is 4.94. The van der Waals surface area contributed by atoms with E-state index in [1.807, 2.05) is 6.26 Å². The Labute approximate surface area is 98.4 Å². The first-order chi connectivity index (χ1) is 7.85. The van der Waals surface area contributed by atoms with Gasteiger partial charge in [0.05, 0.1) is 12.5 Å². The van der Waals surface area contributed by atoms with Gasteiger partial charge in [0.25, 0.3) is 0 Å². The van der Waals surface area contributed by atoms with Crippen molar-refractivity contribution in [2.24, 2.45) is 11.8 Å². The lowest BCUT2D eigenvalue weighted by molar-refractivity contribution is 0.357. The van der Waals surface area contributed by atoms with Crippen LogP contribution in [0, 0.1) is 11.8 Å². The SMILES string of the molecule is CCNC(c1ccoc1)C1CCC(CC)C1. The van der Waals surface area contributed by atoms with Crippen LogP contribution in [-0.2, 0) is 0 Å². The van der Waals surface area contributed by atoms with Gasteiger partial charge >= 0.3 is 0 Å². The molecule has 1 fully saturated rings. The van der Waals surface area contributed by atoms with Crippen molar-refractivity contribution < 1.29 is 4.42 Å². The molecule has 1 heterocycles. The molecule has 0 bridgehead atoms. The van der Waals surface area contributed by atoms with Crippen LogP contribution in [0.4, 0.5) is 0 Å². The topological polar surface area (TPSA) is 25.2 Å². The van der Waals surface area contributed by atoms with Gasteiger partial charge in [-0.2, -0.15) is 0 Å². The molecular formula is C14H23NO. The lowest BCUT2D eigenvalue weighted by Crippen LogP contribution is -2.26. The first-order valence-corrected chi connectivity index (χ1v) is 6.60. The van der Waals surface area contributed by atoms with Gasteiger partial charge in [-0.25, -0.2) is 0 Å². The molecule has 0 aromatic carbocycles. The molecule has 1 aromatic rings. The van der Waals surface area contributed by atoms with Gasteiger partial charge in [0.15, 0.2) is 0 Å². The number of nitrogens with one attached hydrogen (secondary N) is 1. The van der Waals surface area contributed by atoms with Crippen molar-refractivity contribution in [3.05, 3.63) is 24.2 Å². The van der Waals surface area contributed by atoms with E-state index < -0.39 is 0 Å². The standard InChI is InChI=1S/C14H23NO/c1-3-11-5-6-12(9-11)14(15-4-2)13-7-8-16-10-13/h7-8,10-12,14-15H,3-6,9H2,1-2H3. The van der Waals surface area contributed by atoms with E-state index in [1.165, 1.54) is 31.2 Å². The van der Waals surface area contributed by atoms with E-state index in [0.717, 1.165) is 18.4 Å². The van der Waals surface area contributed by atoms with E-state index >= 15 is 0 Å². The van der Waals surface area contributed by atoms with Crippen molar-refractivity contribution in [1.82, 2.24) is 5.32 Å². The molecule has 2 heteroatoms. The zero-order valence-corrected chi connectivity index (χ0v) is 10.4. The molecule has 2 nitrogen and oxygen atoms in total. The summed E-state index contributed by atoms with van der Waals surface area (Å²) in [6, 6.07) is 2.60. The lowest BCUT2D eigenvalue weighted by Gasteiger charge is -2.23. The Bertz CT molecular complexity index is 294. The Morgan fingerprint density at radius 1 is 1.44 bits per heavy atom. The van der Waals surface area contributed by atoms with Crippen molar-refractivity contribution in [2.75, 3.05) is 6.54 Å². The first-order valence-electron chi connectivity index (χ1n) is 6.60. The molecule has 0 saturated heterocycles. The molecule has 1 aliphatic rings. The van der Waals surface area contributed by atoms with Crippen LogP contribution in [0.1, 0.15) is 51.1 Å². The van der Waals surface area contributed by atoms with E-state index in [2.05, 4.69) is 25.2 Å². The van der Waals surface area contributed by atoms with Crippen LogP contribution in [0.5, 0.6) is 0 Å². The monoisotopic (exact) mass is 221 g/mol. The molecule has 1 aliphatic carbocycles. The fourth-order valence-electron chi connectivity index (χ4n) is 3.02. The molecule has 1 saturated carbocycles. The van der Waals surface area contributed by atoms with Crippen molar-refractivity contribution in [3.8, 4) is 0 Å². The Kier molecular flexibility index (Phi) is 4.05. The van der Waals surface area contributed by atoms with E-state index in [1.54, 1.807) is 6.26 Å². The normalized spacial score (nSPS) is 27.1. The molecule has 90 valence electrons. The van der Waals surface area contributed by atoms with Crippen molar-refractivity contribution in [1.29, 1.82) is 0 Å². The number of hydrogen-bond acceptors (Lipinski definition) is 2. The molecule has 3 atom stereocenters. The predicted octanol–water partition coefficient (Wildman–Crippen LogP) is 3.76. The second-order valence-electron chi connectivity index (χ2n) is 4.94. The minimum absolute atomic E-state index is 0.500. The van der Waals surface area contributed by atoms with Crippen LogP contribution in [0.15, 0.2) is 23.0 Å². The van der Waals surface area contributed by atoms with E-state index in [-0.39, 0.29) is 0 Å². The summed E-state index contributed by atoms with van der Waals surface area (Å²) < 4.78 is 5.21. The summed E-state index contributed by atoms with van der Waals surface area (Å²) in [5.41, 5.74) is 1.32. The Hall–Kier alpha value is -0.760. The summed E-state index contributed by atoms with van der Waals surface area (Å²) >= 11 is 0. The van der Waals surface area contributed by atoms with Crippen LogP contribution in [0.25, 0.3) is 0 Å². The Balaban J connectivity index is 2.03. The fraction of sp³-hybridized carbons (Fsp3) is 0.714. The minimum Gasteiger partial charge on any atom is -0.472 e. The number of furan rings is 1. The summed E-state index contributed by atoms with van der Waals surface area (Å²) in [6.07, 6.45) is 9.15. The van der Waals surface area contributed by atoms with Gasteiger partial charge in [-0.1, -0.05) is 26.7 Å². The van der Waals surface area contributed by atoms with Gasteiger partial charge in [0, 0.05) is 11.6 Å². The molecule has 0 amide bonds. The first kappa shape index (κ1) is 11.7. The lowest BCUT2D eigenvalue weighted by atomic mass is 9.92. The average Bonchev–Trinajstić information content (AvgIpc) is 2.97. The van der Waals surface area contributed by atoms with E-state index in [4.69, 9.17) is 4.42 Å². The summed E-state index contributed by atoms with van der Waals surface area (Å²) in [6.45, 7) is 5.52. The van der Waals surface area contributed by atoms with E-state index in [9.17, 15) is 0 Å². The molecule has 0 spiro atoms. The highest BCUT2D eigenvalue weighted by Crippen LogP contribution is 2.40. The van der Waals surface area contributed by atoms with Gasteiger partial charge in [0.1, 0.15) is 0 Å². The van der Waals surface area contributed by atoms with Crippen LogP contribution in [-0.4, -0.2) is 6.54 Å². The number of hydrogen-bond donors (Lipinski definition) is 1.